The molecule has 2 amide bonds. The molecule has 0 aliphatic heterocycles. The Kier molecular flexibility index (Phi) is 30.2. The van der Waals surface area contributed by atoms with E-state index in [0.29, 0.717) is 50.8 Å². The van der Waals surface area contributed by atoms with Gasteiger partial charge in [0.25, 0.3) is 0 Å². The minimum Gasteiger partial charge on any atom is -0.379 e. The van der Waals surface area contributed by atoms with Crippen molar-refractivity contribution in [1.29, 1.82) is 0 Å². The number of ether oxygens (including phenoxy) is 4. The van der Waals surface area contributed by atoms with Crippen molar-refractivity contribution in [2.45, 2.75) is 39.5 Å². The molecule has 0 heterocycles. The molecule has 6 aromatic rings. The van der Waals surface area contributed by atoms with Crippen molar-refractivity contribution in [3.05, 3.63) is 192 Å². The van der Waals surface area contributed by atoms with Gasteiger partial charge in [0.2, 0.25) is 11.8 Å². The zero-order valence-corrected chi connectivity index (χ0v) is 38.7. The molecule has 0 saturated heterocycles. The number of nitrogens with zero attached hydrogens (tertiary/aromatic N) is 2. The summed E-state index contributed by atoms with van der Waals surface area (Å²) in [7, 11) is 0. The van der Waals surface area contributed by atoms with Crippen LogP contribution in [0, 0.1) is 35.4 Å². The minimum absolute atomic E-state index is 0. The third kappa shape index (κ3) is 23.0. The maximum absolute atomic E-state index is 14.2. The fraction of sp³-hybridized carbons (Fsp3) is 0.308. The molecule has 0 aromatic heterocycles. The first-order valence-corrected chi connectivity index (χ1v) is 21.4. The van der Waals surface area contributed by atoms with Crippen LogP contribution in [0.3, 0.4) is 0 Å². The average Bonchev–Trinajstić information content (AvgIpc) is 4.11. The SMILES string of the molecule is CCCCOCCOCCN(C(=O)c1ccccc1)c1ccc(F)[c-]c1F.CCCCOCCOCCN(C(=O)c1ccccc1)c1ccc(F)[c-]c1F.[Ti+4].c1cc[cH-]c1.c1cc[cH-]c1. The summed E-state index contributed by atoms with van der Waals surface area (Å²) >= 11 is 0. The first-order chi connectivity index (χ1) is 31.3. The van der Waals surface area contributed by atoms with Gasteiger partial charge in [-0.1, -0.05) is 63.1 Å². The number of amides is 2. The number of halogens is 4. The number of carbonyl (C=O) groups excluding carboxylic acids is 2. The van der Waals surface area contributed by atoms with Gasteiger partial charge in [-0.05, 0) is 48.5 Å². The van der Waals surface area contributed by atoms with Crippen LogP contribution in [-0.2, 0) is 40.7 Å². The van der Waals surface area contributed by atoms with Crippen molar-refractivity contribution in [3.8, 4) is 0 Å². The van der Waals surface area contributed by atoms with Gasteiger partial charge < -0.3 is 28.7 Å². The standard InChI is InChI=1S/2C21H24F2NO3.2C5H5.Ti/c2*1-2-3-12-26-14-15-27-13-11-24(20-10-9-18(22)16-19(20)23)21(25)17-7-5-4-6-8-17;2*1-2-4-5-3-1;/h2*4-10H,2-3,11-15H2,1H3;2*1-5H;/q4*-1;+4. The van der Waals surface area contributed by atoms with Gasteiger partial charge in [-0.25, -0.2) is 41.8 Å². The number of rotatable bonds is 22. The molecular weight excluding hydrogens is 872 g/mol. The first-order valence-electron chi connectivity index (χ1n) is 21.4. The van der Waals surface area contributed by atoms with Gasteiger partial charge in [0.1, 0.15) is 0 Å². The monoisotopic (exact) mass is 930 g/mol. The van der Waals surface area contributed by atoms with Crippen molar-refractivity contribution in [3.63, 3.8) is 0 Å². The molecule has 0 bridgehead atoms. The molecule has 0 aliphatic carbocycles. The molecule has 344 valence electrons. The van der Waals surface area contributed by atoms with Gasteiger partial charge >= 0.3 is 21.7 Å². The Bertz CT molecular complexity index is 1890. The van der Waals surface area contributed by atoms with E-state index in [1.54, 1.807) is 60.7 Å². The van der Waals surface area contributed by atoms with Crippen LogP contribution in [-0.4, -0.2) is 77.8 Å². The van der Waals surface area contributed by atoms with Crippen molar-refractivity contribution < 1.29 is 67.8 Å². The summed E-state index contributed by atoms with van der Waals surface area (Å²) in [5.74, 6) is -4.24. The van der Waals surface area contributed by atoms with E-state index >= 15 is 0 Å². The van der Waals surface area contributed by atoms with Crippen LogP contribution >= 0.6 is 0 Å². The van der Waals surface area contributed by atoms with Gasteiger partial charge in [-0.15, -0.1) is 36.4 Å². The van der Waals surface area contributed by atoms with E-state index in [2.05, 4.69) is 13.8 Å². The van der Waals surface area contributed by atoms with Crippen LogP contribution in [0.2, 0.25) is 0 Å². The largest absolute Gasteiger partial charge is 4.00 e. The molecular formula is C52H58F4N2O6Ti. The maximum atomic E-state index is 14.2. The topological polar surface area (TPSA) is 77.5 Å². The average molecular weight is 931 g/mol. The van der Waals surface area contributed by atoms with Gasteiger partial charge in [0.15, 0.2) is 0 Å². The first kappa shape index (κ1) is 55.9. The maximum Gasteiger partial charge on any atom is 4.00 e. The van der Waals surface area contributed by atoms with E-state index in [9.17, 15) is 27.2 Å². The minimum atomic E-state index is -0.915. The van der Waals surface area contributed by atoms with E-state index in [-0.39, 0.29) is 59.4 Å². The van der Waals surface area contributed by atoms with E-state index < -0.39 is 35.1 Å². The van der Waals surface area contributed by atoms with Gasteiger partial charge in [0, 0.05) is 60.7 Å². The molecule has 0 saturated carbocycles. The van der Waals surface area contributed by atoms with E-state index in [1.807, 2.05) is 72.8 Å². The normalized spacial score (nSPS) is 10.2. The number of carbonyl (C=O) groups is 2. The third-order valence-corrected chi connectivity index (χ3v) is 8.85. The quantitative estimate of drug-likeness (QED) is 0.0292. The summed E-state index contributed by atoms with van der Waals surface area (Å²) in [5, 5.41) is 0. The number of hydrogen-bond acceptors (Lipinski definition) is 6. The molecule has 0 radical (unpaired) electrons. The van der Waals surface area contributed by atoms with Crippen LogP contribution in [0.15, 0.2) is 146 Å². The Morgan fingerprint density at radius 2 is 0.815 bits per heavy atom. The van der Waals surface area contributed by atoms with Crippen molar-refractivity contribution in [2.24, 2.45) is 0 Å². The number of anilines is 2. The fourth-order valence-corrected chi connectivity index (χ4v) is 5.51. The Morgan fingerprint density at radius 1 is 0.477 bits per heavy atom. The summed E-state index contributed by atoms with van der Waals surface area (Å²) in [6.07, 6.45) is 4.13. The van der Waals surface area contributed by atoms with Crippen molar-refractivity contribution in [2.75, 3.05) is 75.7 Å². The number of benzene rings is 4. The molecule has 65 heavy (non-hydrogen) atoms. The van der Waals surface area contributed by atoms with Crippen LogP contribution in [0.5, 0.6) is 0 Å². The van der Waals surface area contributed by atoms with Gasteiger partial charge in [0.05, 0.1) is 39.6 Å². The molecule has 0 unspecified atom stereocenters. The fourth-order valence-electron chi connectivity index (χ4n) is 5.51. The summed E-state index contributed by atoms with van der Waals surface area (Å²) in [6, 6.07) is 45.6. The summed E-state index contributed by atoms with van der Waals surface area (Å²) in [6.45, 7) is 7.90. The molecule has 0 N–H and O–H groups in total. The zero-order chi connectivity index (χ0) is 46.0. The zero-order valence-electron chi connectivity index (χ0n) is 37.1. The molecule has 0 fully saturated rings. The molecule has 13 heteroatoms. The Hall–Kier alpha value is -5.21. The molecule has 0 aliphatic rings. The predicted octanol–water partition coefficient (Wildman–Crippen LogP) is 11.3. The second-order valence-corrected chi connectivity index (χ2v) is 13.7. The molecule has 0 spiro atoms. The summed E-state index contributed by atoms with van der Waals surface area (Å²) in [4.78, 5) is 28.1. The summed E-state index contributed by atoms with van der Waals surface area (Å²) in [5.41, 5.74) is 0.745. The second-order valence-electron chi connectivity index (χ2n) is 13.7. The number of unbranched alkanes of at least 4 members (excludes halogenated alkanes) is 2. The molecule has 8 nitrogen and oxygen atoms in total. The van der Waals surface area contributed by atoms with E-state index in [4.69, 9.17) is 18.9 Å². The summed E-state index contributed by atoms with van der Waals surface area (Å²) < 4.78 is 76.5. The van der Waals surface area contributed by atoms with Crippen LogP contribution in [0.4, 0.5) is 28.9 Å². The Labute approximate surface area is 396 Å². The molecule has 0 atom stereocenters. The van der Waals surface area contributed by atoms with Crippen molar-refractivity contribution in [1.82, 2.24) is 0 Å². The second kappa shape index (κ2) is 35.1. The van der Waals surface area contributed by atoms with Crippen LogP contribution < -0.4 is 9.80 Å². The van der Waals surface area contributed by atoms with Crippen molar-refractivity contribution >= 4 is 23.2 Å². The van der Waals surface area contributed by atoms with Crippen LogP contribution in [0.25, 0.3) is 0 Å². The Balaban J connectivity index is 0.000000361. The third-order valence-electron chi connectivity index (χ3n) is 8.85. The number of hydrogen-bond donors (Lipinski definition) is 0. The molecule has 6 rings (SSSR count). The predicted molar refractivity (Wildman–Crippen MR) is 244 cm³/mol. The molecule has 6 aromatic carbocycles. The van der Waals surface area contributed by atoms with Gasteiger partial charge in [-0.3, -0.25) is 9.59 Å². The smallest absolute Gasteiger partial charge is 0.379 e. The van der Waals surface area contributed by atoms with Crippen LogP contribution in [0.1, 0.15) is 60.2 Å². The Morgan fingerprint density at radius 3 is 1.11 bits per heavy atom. The van der Waals surface area contributed by atoms with Gasteiger partial charge in [-0.2, -0.15) is 36.4 Å². The van der Waals surface area contributed by atoms with E-state index in [0.717, 1.165) is 37.8 Å². The van der Waals surface area contributed by atoms with E-state index in [1.165, 1.54) is 21.9 Å².